The van der Waals surface area contributed by atoms with Crippen molar-refractivity contribution in [3.8, 4) is 5.75 Å². The van der Waals surface area contributed by atoms with Crippen molar-refractivity contribution in [3.05, 3.63) is 41.7 Å². The summed E-state index contributed by atoms with van der Waals surface area (Å²) in [6.07, 6.45) is 3.14. The third-order valence-corrected chi connectivity index (χ3v) is 3.60. The van der Waals surface area contributed by atoms with Gasteiger partial charge in [-0.2, -0.15) is 5.10 Å². The van der Waals surface area contributed by atoms with Crippen LogP contribution in [0, 0.1) is 6.92 Å². The second kappa shape index (κ2) is 6.46. The third-order valence-electron chi connectivity index (χ3n) is 3.60. The lowest BCUT2D eigenvalue weighted by molar-refractivity contribution is 0.414. The fraction of sp³-hybridized carbons (Fsp3) is 0.438. The minimum absolute atomic E-state index is 0.450. The molecule has 4 nitrogen and oxygen atoms in total. The highest BCUT2D eigenvalue weighted by atomic mass is 16.5. The monoisotopic (exact) mass is 273 g/mol. The Balaban J connectivity index is 2.00. The van der Waals surface area contributed by atoms with Crippen molar-refractivity contribution in [2.24, 2.45) is 0 Å². The first-order valence-electron chi connectivity index (χ1n) is 7.06. The third kappa shape index (κ3) is 3.32. The summed E-state index contributed by atoms with van der Waals surface area (Å²) in [5.74, 6) is 0.883. The molecule has 108 valence electrons. The van der Waals surface area contributed by atoms with Crippen LogP contribution >= 0.6 is 0 Å². The molecular weight excluding hydrogens is 250 g/mol. The smallest absolute Gasteiger partial charge is 0.119 e. The van der Waals surface area contributed by atoms with E-state index in [4.69, 9.17) is 4.74 Å². The van der Waals surface area contributed by atoms with E-state index in [0.29, 0.717) is 6.04 Å². The number of nitrogens with zero attached hydrogens (tertiary/aromatic N) is 2. The van der Waals surface area contributed by atoms with Crippen molar-refractivity contribution < 1.29 is 4.74 Å². The molecule has 1 atom stereocenters. The van der Waals surface area contributed by atoms with Gasteiger partial charge in [-0.3, -0.25) is 4.68 Å². The summed E-state index contributed by atoms with van der Waals surface area (Å²) in [5.41, 5.74) is 3.34. The summed E-state index contributed by atoms with van der Waals surface area (Å²) in [4.78, 5) is 0. The van der Waals surface area contributed by atoms with E-state index in [9.17, 15) is 0 Å². The molecule has 0 fully saturated rings. The molecule has 0 spiro atoms. The van der Waals surface area contributed by atoms with E-state index >= 15 is 0 Å². The van der Waals surface area contributed by atoms with E-state index in [1.807, 2.05) is 29.1 Å². The Kier molecular flexibility index (Phi) is 4.66. The van der Waals surface area contributed by atoms with E-state index in [0.717, 1.165) is 30.1 Å². The number of benzene rings is 1. The molecular formula is C16H23N3O. The largest absolute Gasteiger partial charge is 0.497 e. The molecule has 0 aliphatic carbocycles. The highest BCUT2D eigenvalue weighted by Crippen LogP contribution is 2.21. The number of hydrogen-bond acceptors (Lipinski definition) is 3. The van der Waals surface area contributed by atoms with Crippen LogP contribution in [0.4, 0.5) is 5.69 Å². The van der Waals surface area contributed by atoms with Gasteiger partial charge in [0.2, 0.25) is 0 Å². The Morgan fingerprint density at radius 1 is 1.35 bits per heavy atom. The average Bonchev–Trinajstić information content (AvgIpc) is 2.94. The van der Waals surface area contributed by atoms with E-state index in [2.05, 4.69) is 37.3 Å². The Hall–Kier alpha value is -1.97. The van der Waals surface area contributed by atoms with E-state index in [-0.39, 0.29) is 0 Å². The summed E-state index contributed by atoms with van der Waals surface area (Å²) in [7, 11) is 1.68. The molecule has 2 rings (SSSR count). The van der Waals surface area contributed by atoms with Crippen LogP contribution in [0.2, 0.25) is 0 Å². The number of aromatic nitrogens is 2. The zero-order valence-electron chi connectivity index (χ0n) is 12.7. The van der Waals surface area contributed by atoms with Gasteiger partial charge in [-0.1, -0.05) is 6.92 Å². The van der Waals surface area contributed by atoms with Crippen LogP contribution in [0.1, 0.15) is 37.6 Å². The van der Waals surface area contributed by atoms with Crippen LogP contribution in [0.25, 0.3) is 0 Å². The van der Waals surface area contributed by atoms with Crippen LogP contribution in [0.5, 0.6) is 5.75 Å². The summed E-state index contributed by atoms with van der Waals surface area (Å²) >= 11 is 0. The number of methoxy groups -OCH3 is 1. The molecule has 0 saturated carbocycles. The first-order chi connectivity index (χ1) is 9.63. The number of anilines is 1. The maximum atomic E-state index is 5.21. The topological polar surface area (TPSA) is 39.1 Å². The van der Waals surface area contributed by atoms with Gasteiger partial charge in [-0.15, -0.1) is 0 Å². The fourth-order valence-corrected chi connectivity index (χ4v) is 2.05. The highest BCUT2D eigenvalue weighted by molar-refractivity contribution is 5.53. The number of hydrogen-bond donors (Lipinski definition) is 1. The second-order valence-corrected chi connectivity index (χ2v) is 5.08. The maximum Gasteiger partial charge on any atom is 0.119 e. The maximum absolute atomic E-state index is 5.21. The van der Waals surface area contributed by atoms with Crippen LogP contribution < -0.4 is 10.1 Å². The van der Waals surface area contributed by atoms with Crippen molar-refractivity contribution >= 4 is 5.69 Å². The molecule has 0 amide bonds. The van der Waals surface area contributed by atoms with Gasteiger partial charge in [0.05, 0.1) is 19.3 Å². The molecule has 1 heterocycles. The Morgan fingerprint density at radius 3 is 2.80 bits per heavy atom. The van der Waals surface area contributed by atoms with Gasteiger partial charge < -0.3 is 10.1 Å². The molecule has 4 heteroatoms. The normalized spacial score (nSPS) is 12.2. The zero-order chi connectivity index (χ0) is 14.5. The molecule has 0 bridgehead atoms. The average molecular weight is 273 g/mol. The van der Waals surface area contributed by atoms with Gasteiger partial charge in [0, 0.05) is 17.9 Å². The molecule has 1 N–H and O–H groups in total. The predicted octanol–water partition coefficient (Wildman–Crippen LogP) is 3.78. The van der Waals surface area contributed by atoms with Gasteiger partial charge in [-0.25, -0.2) is 0 Å². The Bertz CT molecular complexity index is 563. The van der Waals surface area contributed by atoms with Crippen molar-refractivity contribution in [3.63, 3.8) is 0 Å². The van der Waals surface area contributed by atoms with Crippen LogP contribution in [0.3, 0.4) is 0 Å². The standard InChI is InChI=1S/C16H23N3O/c1-5-13(3)19-9-8-14(18-19)11-17-16-7-6-15(20-4)10-12(16)2/h6-10,13,17H,5,11H2,1-4H3. The molecule has 2 aromatic rings. The van der Waals surface area contributed by atoms with Gasteiger partial charge in [0.15, 0.2) is 0 Å². The fourth-order valence-electron chi connectivity index (χ4n) is 2.05. The summed E-state index contributed by atoms with van der Waals surface area (Å²) in [5, 5.41) is 8.01. The summed E-state index contributed by atoms with van der Waals surface area (Å²) < 4.78 is 7.24. The first-order valence-corrected chi connectivity index (χ1v) is 7.06. The van der Waals surface area contributed by atoms with Crippen molar-refractivity contribution in [2.45, 2.75) is 39.8 Å². The van der Waals surface area contributed by atoms with Crippen LogP contribution in [-0.2, 0) is 6.54 Å². The van der Waals surface area contributed by atoms with E-state index in [1.165, 1.54) is 5.56 Å². The van der Waals surface area contributed by atoms with Crippen LogP contribution in [0.15, 0.2) is 30.5 Å². The van der Waals surface area contributed by atoms with Crippen molar-refractivity contribution in [1.82, 2.24) is 9.78 Å². The summed E-state index contributed by atoms with van der Waals surface area (Å²) in [6.45, 7) is 7.15. The molecule has 0 radical (unpaired) electrons. The number of aryl methyl sites for hydroxylation is 1. The van der Waals surface area contributed by atoms with Crippen LogP contribution in [-0.4, -0.2) is 16.9 Å². The summed E-state index contributed by atoms with van der Waals surface area (Å²) in [6, 6.07) is 8.55. The molecule has 0 saturated heterocycles. The molecule has 1 aromatic carbocycles. The molecule has 20 heavy (non-hydrogen) atoms. The lowest BCUT2D eigenvalue weighted by atomic mass is 10.2. The quantitative estimate of drug-likeness (QED) is 0.870. The number of nitrogens with one attached hydrogen (secondary N) is 1. The van der Waals surface area contributed by atoms with Gasteiger partial charge >= 0.3 is 0 Å². The second-order valence-electron chi connectivity index (χ2n) is 5.08. The lowest BCUT2D eigenvalue weighted by Gasteiger charge is -2.10. The van der Waals surface area contributed by atoms with Gasteiger partial charge in [0.25, 0.3) is 0 Å². The Labute approximate surface area is 120 Å². The molecule has 1 unspecified atom stereocenters. The zero-order valence-corrected chi connectivity index (χ0v) is 12.7. The SMILES string of the molecule is CCC(C)n1ccc(CNc2ccc(OC)cc2C)n1. The molecule has 0 aliphatic rings. The molecule has 0 aliphatic heterocycles. The minimum Gasteiger partial charge on any atom is -0.497 e. The predicted molar refractivity (Wildman–Crippen MR) is 82.3 cm³/mol. The van der Waals surface area contributed by atoms with Gasteiger partial charge in [0.1, 0.15) is 5.75 Å². The van der Waals surface area contributed by atoms with E-state index < -0.39 is 0 Å². The van der Waals surface area contributed by atoms with Crippen molar-refractivity contribution in [2.75, 3.05) is 12.4 Å². The number of rotatable bonds is 6. The van der Waals surface area contributed by atoms with Gasteiger partial charge in [-0.05, 0) is 50.1 Å². The highest BCUT2D eigenvalue weighted by Gasteiger charge is 2.05. The first kappa shape index (κ1) is 14.4. The lowest BCUT2D eigenvalue weighted by Crippen LogP contribution is -2.07. The van der Waals surface area contributed by atoms with E-state index in [1.54, 1.807) is 7.11 Å². The number of ether oxygens (including phenoxy) is 1. The Morgan fingerprint density at radius 2 is 2.15 bits per heavy atom. The molecule has 1 aromatic heterocycles. The minimum atomic E-state index is 0.450. The van der Waals surface area contributed by atoms with Crippen molar-refractivity contribution in [1.29, 1.82) is 0 Å².